The van der Waals surface area contributed by atoms with Crippen LogP contribution in [-0.4, -0.2) is 40.4 Å². The first-order valence-corrected chi connectivity index (χ1v) is 9.09. The van der Waals surface area contributed by atoms with E-state index in [1.165, 1.54) is 6.42 Å². The van der Waals surface area contributed by atoms with Crippen LogP contribution in [0.3, 0.4) is 0 Å². The van der Waals surface area contributed by atoms with E-state index in [4.69, 9.17) is 11.6 Å². The van der Waals surface area contributed by atoms with Crippen molar-refractivity contribution in [2.45, 2.75) is 26.2 Å². The van der Waals surface area contributed by atoms with Gasteiger partial charge in [-0.2, -0.15) is 0 Å². The number of piperidine rings is 1. The number of amides is 1. The number of hydrogen-bond donors (Lipinski definition) is 1. The van der Waals surface area contributed by atoms with Crippen LogP contribution < -0.4 is 5.32 Å². The Bertz CT molecular complexity index is 720. The Morgan fingerprint density at radius 1 is 1.36 bits per heavy atom. The smallest absolute Gasteiger partial charge is 0.257 e. The van der Waals surface area contributed by atoms with Gasteiger partial charge in [0.05, 0.1) is 5.56 Å². The monoisotopic (exact) mass is 358 g/mol. The van der Waals surface area contributed by atoms with Crippen molar-refractivity contribution in [1.29, 1.82) is 0 Å². The van der Waals surface area contributed by atoms with E-state index in [1.807, 2.05) is 29.2 Å². The number of aromatic nitrogens is 2. The Labute approximate surface area is 153 Å². The molecule has 1 N–H and O–H groups in total. The number of halogens is 1. The van der Waals surface area contributed by atoms with Crippen LogP contribution in [-0.2, 0) is 6.42 Å². The molecule has 0 saturated carbocycles. The summed E-state index contributed by atoms with van der Waals surface area (Å²) >= 11 is 5.98. The van der Waals surface area contributed by atoms with Crippen molar-refractivity contribution in [1.82, 2.24) is 14.9 Å². The molecule has 6 heteroatoms. The molecule has 2 aromatic rings. The number of nitrogens with one attached hydrogen (secondary N) is 1. The van der Waals surface area contributed by atoms with Crippen molar-refractivity contribution in [3.8, 4) is 0 Å². The van der Waals surface area contributed by atoms with Gasteiger partial charge in [0.2, 0.25) is 5.95 Å². The summed E-state index contributed by atoms with van der Waals surface area (Å²) in [5.74, 6) is 1.12. The van der Waals surface area contributed by atoms with Crippen molar-refractivity contribution >= 4 is 23.5 Å². The lowest BCUT2D eigenvalue weighted by atomic mass is 10.00. The highest BCUT2D eigenvalue weighted by Crippen LogP contribution is 2.17. The fraction of sp³-hybridized carbons (Fsp3) is 0.421. The molecular weight excluding hydrogens is 336 g/mol. The maximum atomic E-state index is 12.5. The van der Waals surface area contributed by atoms with Gasteiger partial charge in [-0.15, -0.1) is 0 Å². The van der Waals surface area contributed by atoms with Crippen molar-refractivity contribution in [2.24, 2.45) is 5.92 Å². The molecule has 132 valence electrons. The minimum atomic E-state index is 0.0250. The molecule has 1 aromatic heterocycles. The SMILES string of the molecule is CC1CCCN(C(=O)c2cnc(NCCc3cccc(Cl)c3)nc2)C1. The Kier molecular flexibility index (Phi) is 5.87. The van der Waals surface area contributed by atoms with Crippen LogP contribution in [0.1, 0.15) is 35.7 Å². The van der Waals surface area contributed by atoms with Gasteiger partial charge >= 0.3 is 0 Å². The van der Waals surface area contributed by atoms with Crippen molar-refractivity contribution in [2.75, 3.05) is 25.0 Å². The number of likely N-dealkylation sites (tertiary alicyclic amines) is 1. The van der Waals surface area contributed by atoms with Crippen LogP contribution in [0.5, 0.6) is 0 Å². The first-order valence-electron chi connectivity index (χ1n) is 8.71. The minimum absolute atomic E-state index is 0.0250. The van der Waals surface area contributed by atoms with Crippen LogP contribution in [0, 0.1) is 5.92 Å². The highest BCUT2D eigenvalue weighted by atomic mass is 35.5. The minimum Gasteiger partial charge on any atom is -0.354 e. The van der Waals surface area contributed by atoms with Gasteiger partial charge in [0.1, 0.15) is 0 Å². The molecule has 1 aliphatic heterocycles. The number of rotatable bonds is 5. The van der Waals surface area contributed by atoms with E-state index in [2.05, 4.69) is 22.2 Å². The number of hydrogen-bond acceptors (Lipinski definition) is 4. The molecule has 0 aliphatic carbocycles. The number of nitrogens with zero attached hydrogens (tertiary/aromatic N) is 3. The molecule has 0 bridgehead atoms. The van der Waals surface area contributed by atoms with Gasteiger partial charge in [0.25, 0.3) is 5.91 Å². The third-order valence-corrected chi connectivity index (χ3v) is 4.66. The molecule has 1 aliphatic rings. The topological polar surface area (TPSA) is 58.1 Å². The lowest BCUT2D eigenvalue weighted by Crippen LogP contribution is -2.39. The Balaban J connectivity index is 1.52. The molecule has 1 fully saturated rings. The first kappa shape index (κ1) is 17.7. The summed E-state index contributed by atoms with van der Waals surface area (Å²) in [5, 5.41) is 3.91. The second kappa shape index (κ2) is 8.30. The van der Waals surface area contributed by atoms with E-state index in [-0.39, 0.29) is 5.91 Å². The maximum absolute atomic E-state index is 12.5. The van der Waals surface area contributed by atoms with Crippen LogP contribution >= 0.6 is 11.6 Å². The fourth-order valence-electron chi connectivity index (χ4n) is 3.10. The summed E-state index contributed by atoms with van der Waals surface area (Å²) < 4.78 is 0. The summed E-state index contributed by atoms with van der Waals surface area (Å²) in [5.41, 5.74) is 1.71. The second-order valence-electron chi connectivity index (χ2n) is 6.60. The number of carbonyl (C=O) groups excluding carboxylic acids is 1. The molecule has 0 radical (unpaired) electrons. The molecule has 1 saturated heterocycles. The molecular formula is C19H23ClN4O. The number of carbonyl (C=O) groups is 1. The first-order chi connectivity index (χ1) is 12.1. The third-order valence-electron chi connectivity index (χ3n) is 4.43. The van der Waals surface area contributed by atoms with Gasteiger partial charge in [0.15, 0.2) is 0 Å². The molecule has 0 spiro atoms. The molecule has 5 nitrogen and oxygen atoms in total. The van der Waals surface area contributed by atoms with Gasteiger partial charge in [-0.05, 0) is 42.9 Å². The zero-order valence-electron chi connectivity index (χ0n) is 14.4. The molecule has 1 unspecified atom stereocenters. The largest absolute Gasteiger partial charge is 0.354 e. The summed E-state index contributed by atoms with van der Waals surface area (Å²) in [7, 11) is 0. The summed E-state index contributed by atoms with van der Waals surface area (Å²) in [6.45, 7) is 4.53. The third kappa shape index (κ3) is 4.92. The van der Waals surface area contributed by atoms with E-state index < -0.39 is 0 Å². The van der Waals surface area contributed by atoms with E-state index in [0.29, 0.717) is 24.0 Å². The normalized spacial score (nSPS) is 17.4. The van der Waals surface area contributed by atoms with Gasteiger partial charge in [0, 0.05) is 37.1 Å². The average Bonchev–Trinajstić information content (AvgIpc) is 2.62. The zero-order chi connectivity index (χ0) is 17.6. The standard InChI is InChI=1S/C19H23ClN4O/c1-14-4-3-9-24(13-14)18(25)16-11-22-19(23-12-16)21-8-7-15-5-2-6-17(20)10-15/h2,5-6,10-12,14H,3-4,7-9,13H2,1H3,(H,21,22,23). The summed E-state index contributed by atoms with van der Waals surface area (Å²) in [6, 6.07) is 7.79. The predicted molar refractivity (Wildman–Crippen MR) is 100.0 cm³/mol. The number of anilines is 1. The zero-order valence-corrected chi connectivity index (χ0v) is 15.2. The van der Waals surface area contributed by atoms with Gasteiger partial charge in [-0.3, -0.25) is 4.79 Å². The molecule has 1 aromatic carbocycles. The quantitative estimate of drug-likeness (QED) is 0.886. The molecule has 1 amide bonds. The Hall–Kier alpha value is -2.14. The second-order valence-corrected chi connectivity index (χ2v) is 7.04. The predicted octanol–water partition coefficient (Wildman–Crippen LogP) is 3.66. The van der Waals surface area contributed by atoms with E-state index >= 15 is 0 Å². The van der Waals surface area contributed by atoms with Gasteiger partial charge in [-0.25, -0.2) is 9.97 Å². The van der Waals surface area contributed by atoms with Crippen molar-refractivity contribution < 1.29 is 4.79 Å². The number of benzene rings is 1. The molecule has 25 heavy (non-hydrogen) atoms. The van der Waals surface area contributed by atoms with Crippen LogP contribution in [0.4, 0.5) is 5.95 Å². The van der Waals surface area contributed by atoms with E-state index in [0.717, 1.165) is 36.5 Å². The van der Waals surface area contributed by atoms with E-state index in [9.17, 15) is 4.79 Å². The van der Waals surface area contributed by atoms with Gasteiger partial charge < -0.3 is 10.2 Å². The van der Waals surface area contributed by atoms with Gasteiger partial charge in [-0.1, -0.05) is 30.7 Å². The van der Waals surface area contributed by atoms with Crippen LogP contribution in [0.2, 0.25) is 5.02 Å². The lowest BCUT2D eigenvalue weighted by Gasteiger charge is -2.30. The molecule has 1 atom stereocenters. The van der Waals surface area contributed by atoms with Crippen molar-refractivity contribution in [3.05, 3.63) is 52.8 Å². The fourth-order valence-corrected chi connectivity index (χ4v) is 3.31. The summed E-state index contributed by atoms with van der Waals surface area (Å²) in [6.07, 6.45) is 6.30. The highest BCUT2D eigenvalue weighted by molar-refractivity contribution is 6.30. The van der Waals surface area contributed by atoms with Crippen LogP contribution in [0.15, 0.2) is 36.7 Å². The van der Waals surface area contributed by atoms with Crippen LogP contribution in [0.25, 0.3) is 0 Å². The Morgan fingerprint density at radius 2 is 2.16 bits per heavy atom. The Morgan fingerprint density at radius 3 is 2.88 bits per heavy atom. The molecule has 2 heterocycles. The lowest BCUT2D eigenvalue weighted by molar-refractivity contribution is 0.0682. The highest BCUT2D eigenvalue weighted by Gasteiger charge is 2.22. The summed E-state index contributed by atoms with van der Waals surface area (Å²) in [4.78, 5) is 22.9. The van der Waals surface area contributed by atoms with Crippen molar-refractivity contribution in [3.63, 3.8) is 0 Å². The molecule has 3 rings (SSSR count). The maximum Gasteiger partial charge on any atom is 0.257 e. The van der Waals surface area contributed by atoms with E-state index in [1.54, 1.807) is 12.4 Å². The average molecular weight is 359 g/mol.